The smallest absolute Gasteiger partial charge is 0.206 e. The van der Waals surface area contributed by atoms with E-state index in [1.165, 1.54) is 0 Å². The Morgan fingerprint density at radius 1 is 1.22 bits per heavy atom. The molecule has 0 fully saturated rings. The molecule has 0 aromatic carbocycles. The largest absolute Gasteiger partial charge is 0.352 e. The van der Waals surface area contributed by atoms with Crippen LogP contribution in [0, 0.1) is 5.92 Å². The minimum absolute atomic E-state index is 0.0820. The second-order valence-electron chi connectivity index (χ2n) is 4.60. The summed E-state index contributed by atoms with van der Waals surface area (Å²) in [5, 5.41) is 13.5. The molecule has 1 N–H and O–H groups in total. The molecule has 2 aromatic heterocycles. The fourth-order valence-electron chi connectivity index (χ4n) is 1.54. The van der Waals surface area contributed by atoms with Gasteiger partial charge >= 0.3 is 0 Å². The molecule has 0 bridgehead atoms. The van der Waals surface area contributed by atoms with Gasteiger partial charge in [0.05, 0.1) is 17.9 Å². The van der Waals surface area contributed by atoms with Gasteiger partial charge in [-0.2, -0.15) is 0 Å². The first kappa shape index (κ1) is 12.9. The number of nitrogens with one attached hydrogen (secondary N) is 1. The first-order valence-corrected chi connectivity index (χ1v) is 6.81. The van der Waals surface area contributed by atoms with Crippen LogP contribution in [-0.2, 0) is 6.42 Å². The molecule has 5 nitrogen and oxygen atoms in total. The summed E-state index contributed by atoms with van der Waals surface area (Å²) in [4.78, 5) is 8.32. The Morgan fingerprint density at radius 3 is 2.72 bits per heavy atom. The average Bonchev–Trinajstić information content (AvgIpc) is 2.76. The van der Waals surface area contributed by atoms with E-state index in [9.17, 15) is 0 Å². The Labute approximate surface area is 111 Å². The normalized spacial score (nSPS) is 12.7. The topological polar surface area (TPSA) is 63.6 Å². The van der Waals surface area contributed by atoms with Crippen molar-refractivity contribution in [1.29, 1.82) is 0 Å². The number of aromatic nitrogens is 4. The number of hydrogen-bond acceptors (Lipinski definition) is 6. The summed E-state index contributed by atoms with van der Waals surface area (Å²) in [6, 6.07) is 0.0820. The van der Waals surface area contributed by atoms with Crippen molar-refractivity contribution in [2.75, 3.05) is 5.32 Å². The van der Waals surface area contributed by atoms with Crippen molar-refractivity contribution >= 4 is 16.5 Å². The molecule has 0 amide bonds. The molecule has 0 aliphatic rings. The van der Waals surface area contributed by atoms with Crippen molar-refractivity contribution in [3.05, 3.63) is 29.3 Å². The van der Waals surface area contributed by atoms with Gasteiger partial charge in [0.2, 0.25) is 5.13 Å². The Balaban J connectivity index is 1.99. The highest BCUT2D eigenvalue weighted by Gasteiger charge is 2.11. The van der Waals surface area contributed by atoms with Gasteiger partial charge in [-0.15, -0.1) is 10.2 Å². The number of rotatable bonds is 5. The van der Waals surface area contributed by atoms with Gasteiger partial charge < -0.3 is 5.32 Å². The third-order valence-corrected chi connectivity index (χ3v) is 3.29. The van der Waals surface area contributed by atoms with Gasteiger partial charge in [-0.25, -0.2) is 0 Å². The zero-order chi connectivity index (χ0) is 13.0. The van der Waals surface area contributed by atoms with E-state index >= 15 is 0 Å². The molecule has 0 aliphatic carbocycles. The van der Waals surface area contributed by atoms with Crippen molar-refractivity contribution in [1.82, 2.24) is 20.2 Å². The van der Waals surface area contributed by atoms with E-state index in [4.69, 9.17) is 0 Å². The van der Waals surface area contributed by atoms with E-state index in [0.29, 0.717) is 5.92 Å². The minimum atomic E-state index is 0.0820. The average molecular weight is 263 g/mol. The maximum Gasteiger partial charge on any atom is 0.206 e. The molecule has 0 radical (unpaired) electrons. The number of nitrogens with zero attached hydrogens (tertiary/aromatic N) is 4. The lowest BCUT2D eigenvalue weighted by molar-refractivity contribution is 0.640. The Kier molecular flexibility index (Phi) is 4.19. The first-order valence-electron chi connectivity index (χ1n) is 6.00. The van der Waals surface area contributed by atoms with Crippen molar-refractivity contribution in [3.8, 4) is 0 Å². The van der Waals surface area contributed by atoms with Crippen molar-refractivity contribution < 1.29 is 0 Å². The van der Waals surface area contributed by atoms with Crippen LogP contribution in [0.25, 0.3) is 0 Å². The Bertz CT molecular complexity index is 482. The van der Waals surface area contributed by atoms with Gasteiger partial charge in [0.15, 0.2) is 0 Å². The van der Waals surface area contributed by atoms with E-state index in [-0.39, 0.29) is 6.04 Å². The van der Waals surface area contributed by atoms with Crippen LogP contribution < -0.4 is 5.32 Å². The minimum Gasteiger partial charge on any atom is -0.352 e. The van der Waals surface area contributed by atoms with Crippen LogP contribution in [0.1, 0.15) is 37.5 Å². The molecule has 6 heteroatoms. The second-order valence-corrected chi connectivity index (χ2v) is 5.66. The van der Waals surface area contributed by atoms with Gasteiger partial charge in [0.25, 0.3) is 0 Å². The molecular formula is C12H17N5S. The van der Waals surface area contributed by atoms with Gasteiger partial charge in [0.1, 0.15) is 5.01 Å². The standard InChI is InChI=1S/C12H17N5S/c1-8(2)6-11-16-17-12(18-11)15-9(3)10-7-13-4-5-14-10/h4-5,7-9H,6H2,1-3H3,(H,15,17). The second kappa shape index (κ2) is 5.86. The van der Waals surface area contributed by atoms with E-state index in [1.54, 1.807) is 29.9 Å². The quantitative estimate of drug-likeness (QED) is 0.898. The lowest BCUT2D eigenvalue weighted by Crippen LogP contribution is -2.08. The molecule has 96 valence electrons. The predicted molar refractivity (Wildman–Crippen MR) is 72.5 cm³/mol. The van der Waals surface area contributed by atoms with Crippen LogP contribution in [0.15, 0.2) is 18.6 Å². The van der Waals surface area contributed by atoms with Crippen LogP contribution in [0.4, 0.5) is 5.13 Å². The molecule has 2 rings (SSSR count). The van der Waals surface area contributed by atoms with Crippen LogP contribution in [0.3, 0.4) is 0 Å². The lowest BCUT2D eigenvalue weighted by Gasteiger charge is -2.10. The van der Waals surface area contributed by atoms with Crippen LogP contribution in [0.5, 0.6) is 0 Å². The number of anilines is 1. The fourth-order valence-corrected chi connectivity index (χ4v) is 2.58. The van der Waals surface area contributed by atoms with Gasteiger partial charge in [-0.05, 0) is 12.8 Å². The van der Waals surface area contributed by atoms with Gasteiger partial charge in [0, 0.05) is 18.8 Å². The molecule has 18 heavy (non-hydrogen) atoms. The van der Waals surface area contributed by atoms with Crippen molar-refractivity contribution in [2.24, 2.45) is 5.92 Å². The molecule has 0 saturated heterocycles. The molecule has 2 heterocycles. The van der Waals surface area contributed by atoms with E-state index < -0.39 is 0 Å². The molecular weight excluding hydrogens is 246 g/mol. The zero-order valence-corrected chi connectivity index (χ0v) is 11.6. The first-order chi connectivity index (χ1) is 8.65. The summed E-state index contributed by atoms with van der Waals surface area (Å²) in [6.45, 7) is 6.39. The fraction of sp³-hybridized carbons (Fsp3) is 0.500. The highest BCUT2D eigenvalue weighted by Crippen LogP contribution is 2.22. The highest BCUT2D eigenvalue weighted by molar-refractivity contribution is 7.15. The van der Waals surface area contributed by atoms with Crippen molar-refractivity contribution in [3.63, 3.8) is 0 Å². The van der Waals surface area contributed by atoms with E-state index in [1.807, 2.05) is 6.92 Å². The molecule has 1 unspecified atom stereocenters. The molecule has 1 atom stereocenters. The predicted octanol–water partition coefficient (Wildman–Crippen LogP) is 2.70. The summed E-state index contributed by atoms with van der Waals surface area (Å²) in [6.07, 6.45) is 6.09. The van der Waals surface area contributed by atoms with E-state index in [0.717, 1.165) is 22.3 Å². The molecule has 0 saturated carbocycles. The summed E-state index contributed by atoms with van der Waals surface area (Å²) >= 11 is 1.60. The summed E-state index contributed by atoms with van der Waals surface area (Å²) in [7, 11) is 0. The SMILES string of the molecule is CC(C)Cc1nnc(NC(C)c2cnccn2)s1. The van der Waals surface area contributed by atoms with Crippen LogP contribution in [0.2, 0.25) is 0 Å². The lowest BCUT2D eigenvalue weighted by atomic mass is 10.1. The van der Waals surface area contributed by atoms with Crippen LogP contribution >= 0.6 is 11.3 Å². The summed E-state index contributed by atoms with van der Waals surface area (Å²) in [5.74, 6) is 0.600. The number of hydrogen-bond donors (Lipinski definition) is 1. The molecule has 2 aromatic rings. The molecule has 0 spiro atoms. The van der Waals surface area contributed by atoms with Crippen LogP contribution in [-0.4, -0.2) is 20.2 Å². The van der Waals surface area contributed by atoms with Gasteiger partial charge in [-0.1, -0.05) is 25.2 Å². The Morgan fingerprint density at radius 2 is 2.06 bits per heavy atom. The van der Waals surface area contributed by atoms with E-state index in [2.05, 4.69) is 39.3 Å². The molecule has 0 aliphatic heterocycles. The third kappa shape index (κ3) is 3.46. The summed E-state index contributed by atoms with van der Waals surface area (Å²) in [5.41, 5.74) is 0.901. The van der Waals surface area contributed by atoms with Gasteiger partial charge in [-0.3, -0.25) is 9.97 Å². The third-order valence-electron chi connectivity index (χ3n) is 2.42. The van der Waals surface area contributed by atoms with Crippen molar-refractivity contribution in [2.45, 2.75) is 33.2 Å². The highest BCUT2D eigenvalue weighted by atomic mass is 32.1. The summed E-state index contributed by atoms with van der Waals surface area (Å²) < 4.78 is 0. The maximum atomic E-state index is 4.26. The monoisotopic (exact) mass is 263 g/mol. The Hall–Kier alpha value is -1.56. The zero-order valence-electron chi connectivity index (χ0n) is 10.8. The maximum absolute atomic E-state index is 4.26.